The third-order valence-corrected chi connectivity index (χ3v) is 5.32. The third-order valence-electron chi connectivity index (χ3n) is 4.83. The molecule has 1 aromatic heterocycles. The van der Waals surface area contributed by atoms with E-state index in [4.69, 9.17) is 14.6 Å². The highest BCUT2D eigenvalue weighted by Gasteiger charge is 2.23. The normalized spacial score (nSPS) is 15.3. The third kappa shape index (κ3) is 2.65. The molecule has 5 nitrogen and oxygen atoms in total. The smallest absolute Gasteiger partial charge is 0.231 e. The summed E-state index contributed by atoms with van der Waals surface area (Å²) in [7, 11) is 0. The monoisotopic (exact) mass is 411 g/mol. The van der Waals surface area contributed by atoms with Gasteiger partial charge in [-0.15, -0.1) is 0 Å². The van der Waals surface area contributed by atoms with Crippen LogP contribution in [0.25, 0.3) is 16.9 Å². The van der Waals surface area contributed by atoms with Crippen molar-refractivity contribution >= 4 is 21.7 Å². The lowest BCUT2D eigenvalue weighted by Gasteiger charge is -2.09. The summed E-state index contributed by atoms with van der Waals surface area (Å²) in [6.07, 6.45) is 3.33. The highest BCUT2D eigenvalue weighted by Crippen LogP contribution is 2.39. The van der Waals surface area contributed by atoms with E-state index >= 15 is 0 Å². The van der Waals surface area contributed by atoms with Gasteiger partial charge >= 0.3 is 0 Å². The first kappa shape index (κ1) is 15.8. The molecule has 0 saturated carbocycles. The van der Waals surface area contributed by atoms with Gasteiger partial charge < -0.3 is 14.8 Å². The topological polar surface area (TPSA) is 48.3 Å². The summed E-state index contributed by atoms with van der Waals surface area (Å²) in [6.45, 7) is 1.25. The van der Waals surface area contributed by atoms with Gasteiger partial charge in [0.1, 0.15) is 5.82 Å². The van der Waals surface area contributed by atoms with Crippen LogP contribution >= 0.6 is 15.9 Å². The fourth-order valence-corrected chi connectivity index (χ4v) is 3.96. The Labute approximate surface area is 160 Å². The van der Waals surface area contributed by atoms with E-state index in [2.05, 4.69) is 39.4 Å². The summed E-state index contributed by atoms with van der Waals surface area (Å²) >= 11 is 3.56. The number of hydrogen-bond donors (Lipinski definition) is 1. The minimum absolute atomic E-state index is 0.283. The van der Waals surface area contributed by atoms with Crippen molar-refractivity contribution in [2.24, 2.45) is 0 Å². The molecule has 6 heteroatoms. The van der Waals surface area contributed by atoms with Crippen LogP contribution in [0, 0.1) is 0 Å². The van der Waals surface area contributed by atoms with Crippen molar-refractivity contribution in [1.82, 2.24) is 9.78 Å². The number of anilines is 1. The highest BCUT2D eigenvalue weighted by atomic mass is 79.9. The first-order valence-electron chi connectivity index (χ1n) is 8.81. The van der Waals surface area contributed by atoms with Gasteiger partial charge in [-0.2, -0.15) is 5.10 Å². The number of aromatic nitrogens is 2. The van der Waals surface area contributed by atoms with Crippen LogP contribution in [-0.2, 0) is 6.42 Å². The van der Waals surface area contributed by atoms with Gasteiger partial charge in [0, 0.05) is 22.1 Å². The molecule has 2 aromatic carbocycles. The number of fused-ring (bicyclic) bond motifs is 2. The van der Waals surface area contributed by atoms with Gasteiger partial charge in [-0.25, -0.2) is 4.68 Å². The largest absolute Gasteiger partial charge is 0.454 e. The van der Waals surface area contributed by atoms with Crippen LogP contribution in [0.1, 0.15) is 18.4 Å². The summed E-state index contributed by atoms with van der Waals surface area (Å²) in [6, 6.07) is 14.3. The maximum atomic E-state index is 5.56. The molecule has 2 aliphatic rings. The molecule has 0 fully saturated rings. The fraction of sp³-hybridized carbons (Fsp3) is 0.250. The van der Waals surface area contributed by atoms with E-state index in [-0.39, 0.29) is 6.79 Å². The Bertz CT molecular complexity index is 983. The number of benzene rings is 2. The lowest BCUT2D eigenvalue weighted by Crippen LogP contribution is -2.07. The Morgan fingerprint density at radius 3 is 2.88 bits per heavy atom. The maximum absolute atomic E-state index is 5.56. The summed E-state index contributed by atoms with van der Waals surface area (Å²) in [4.78, 5) is 0. The number of rotatable bonds is 2. The first-order valence-corrected chi connectivity index (χ1v) is 9.60. The van der Waals surface area contributed by atoms with Gasteiger partial charge in [-0.05, 0) is 55.7 Å². The molecule has 0 amide bonds. The Balaban J connectivity index is 1.68. The van der Waals surface area contributed by atoms with Crippen molar-refractivity contribution in [3.8, 4) is 28.4 Å². The Hall–Kier alpha value is -2.47. The van der Waals surface area contributed by atoms with E-state index in [9.17, 15) is 0 Å². The van der Waals surface area contributed by atoms with E-state index in [0.29, 0.717) is 0 Å². The van der Waals surface area contributed by atoms with Crippen molar-refractivity contribution in [2.45, 2.75) is 19.3 Å². The van der Waals surface area contributed by atoms with Crippen molar-refractivity contribution in [1.29, 1.82) is 0 Å². The molecule has 26 heavy (non-hydrogen) atoms. The average molecular weight is 412 g/mol. The van der Waals surface area contributed by atoms with Crippen molar-refractivity contribution < 1.29 is 9.47 Å². The molecule has 0 aliphatic carbocycles. The van der Waals surface area contributed by atoms with Gasteiger partial charge in [0.15, 0.2) is 11.5 Å². The van der Waals surface area contributed by atoms with Crippen molar-refractivity contribution in [3.05, 3.63) is 52.5 Å². The standard InChI is InChI=1S/C20H18BrN3O2/c21-14-4-3-5-15(11-14)24-20-16(6-1-2-9-22-20)19(23-24)13-7-8-17-18(10-13)26-12-25-17/h3-5,7-8,10-11,22H,1-2,6,9,12H2. The first-order chi connectivity index (χ1) is 12.8. The van der Waals surface area contributed by atoms with Crippen LogP contribution in [0.4, 0.5) is 5.82 Å². The lowest BCUT2D eigenvalue weighted by molar-refractivity contribution is 0.174. The number of nitrogens with zero attached hydrogens (tertiary/aromatic N) is 2. The predicted octanol–water partition coefficient (Wildman–Crippen LogP) is 4.78. The summed E-state index contributed by atoms with van der Waals surface area (Å²) in [5.74, 6) is 2.67. The van der Waals surface area contributed by atoms with Crippen molar-refractivity contribution in [2.75, 3.05) is 18.7 Å². The van der Waals surface area contributed by atoms with Crippen LogP contribution < -0.4 is 14.8 Å². The molecule has 5 rings (SSSR count). The SMILES string of the molecule is Brc1cccc(-n2nc(-c3ccc4c(c3)OCO4)c3c2NCCCC3)c1. The number of ether oxygens (including phenoxy) is 2. The zero-order valence-electron chi connectivity index (χ0n) is 14.2. The molecule has 0 spiro atoms. The van der Waals surface area contributed by atoms with Gasteiger partial charge in [0.25, 0.3) is 0 Å². The summed E-state index contributed by atoms with van der Waals surface area (Å²) in [5.41, 5.74) is 4.37. The molecule has 0 radical (unpaired) electrons. The Kier molecular flexibility index (Phi) is 3.85. The number of halogens is 1. The molecular weight excluding hydrogens is 394 g/mol. The molecular formula is C20H18BrN3O2. The van der Waals surface area contributed by atoms with Crippen LogP contribution in [0.3, 0.4) is 0 Å². The molecule has 1 N–H and O–H groups in total. The maximum Gasteiger partial charge on any atom is 0.231 e. The molecule has 3 heterocycles. The molecule has 2 aliphatic heterocycles. The minimum atomic E-state index is 0.283. The zero-order valence-corrected chi connectivity index (χ0v) is 15.8. The second-order valence-corrected chi connectivity index (χ2v) is 7.44. The van der Waals surface area contributed by atoms with E-state index in [0.717, 1.165) is 64.5 Å². The van der Waals surface area contributed by atoms with E-state index in [1.54, 1.807) is 0 Å². The molecule has 0 atom stereocenters. The van der Waals surface area contributed by atoms with E-state index in [1.165, 1.54) is 5.56 Å². The van der Waals surface area contributed by atoms with Gasteiger partial charge in [-0.1, -0.05) is 22.0 Å². The number of hydrogen-bond acceptors (Lipinski definition) is 4. The zero-order chi connectivity index (χ0) is 17.5. The number of nitrogens with one attached hydrogen (secondary N) is 1. The highest BCUT2D eigenvalue weighted by molar-refractivity contribution is 9.10. The summed E-state index contributed by atoms with van der Waals surface area (Å²) in [5, 5.41) is 8.56. The van der Waals surface area contributed by atoms with Gasteiger partial charge in [0.2, 0.25) is 6.79 Å². The predicted molar refractivity (Wildman–Crippen MR) is 104 cm³/mol. The van der Waals surface area contributed by atoms with Gasteiger partial charge in [0.05, 0.1) is 11.4 Å². The lowest BCUT2D eigenvalue weighted by atomic mass is 10.0. The second-order valence-electron chi connectivity index (χ2n) is 6.52. The van der Waals surface area contributed by atoms with Crippen LogP contribution in [-0.4, -0.2) is 23.1 Å². The van der Waals surface area contributed by atoms with Crippen LogP contribution in [0.5, 0.6) is 11.5 Å². The van der Waals surface area contributed by atoms with Crippen LogP contribution in [0.15, 0.2) is 46.9 Å². The van der Waals surface area contributed by atoms with E-state index in [1.807, 2.05) is 28.9 Å². The molecule has 3 aromatic rings. The average Bonchev–Trinajstić information content (AvgIpc) is 3.18. The quantitative estimate of drug-likeness (QED) is 0.658. The van der Waals surface area contributed by atoms with E-state index < -0.39 is 0 Å². The summed E-state index contributed by atoms with van der Waals surface area (Å²) < 4.78 is 14.1. The molecule has 0 bridgehead atoms. The Morgan fingerprint density at radius 2 is 1.96 bits per heavy atom. The van der Waals surface area contributed by atoms with Gasteiger partial charge in [-0.3, -0.25) is 0 Å². The Morgan fingerprint density at radius 1 is 1.04 bits per heavy atom. The molecule has 0 saturated heterocycles. The molecule has 0 unspecified atom stereocenters. The second kappa shape index (κ2) is 6.36. The minimum Gasteiger partial charge on any atom is -0.454 e. The molecule has 132 valence electrons. The van der Waals surface area contributed by atoms with Crippen molar-refractivity contribution in [3.63, 3.8) is 0 Å². The fourth-order valence-electron chi connectivity index (χ4n) is 3.57. The van der Waals surface area contributed by atoms with Crippen LogP contribution in [0.2, 0.25) is 0 Å².